The molecule has 1 heterocycles. The van der Waals surface area contributed by atoms with Gasteiger partial charge in [0, 0.05) is 51.4 Å². The number of benzene rings is 1. The molecule has 0 radical (unpaired) electrons. The Morgan fingerprint density at radius 3 is 2.38 bits per heavy atom. The Hall–Kier alpha value is -2.41. The number of nitrogens with one attached hydrogen (secondary N) is 2. The molecule has 2 rings (SSSR count). The van der Waals surface area contributed by atoms with Crippen LogP contribution in [0.5, 0.6) is 0 Å². The SMILES string of the molecule is CC(=O)Nc1cccc(NC(=O)CN2CCCN(C(C)=O)CC2)c1. The molecule has 0 spiro atoms. The average Bonchev–Trinajstić information content (AvgIpc) is 2.72. The minimum Gasteiger partial charge on any atom is -0.342 e. The molecule has 1 saturated heterocycles. The number of hydrogen-bond donors (Lipinski definition) is 2. The van der Waals surface area contributed by atoms with Gasteiger partial charge in [-0.25, -0.2) is 0 Å². The van der Waals surface area contributed by atoms with Gasteiger partial charge >= 0.3 is 0 Å². The van der Waals surface area contributed by atoms with Crippen LogP contribution < -0.4 is 10.6 Å². The minimum atomic E-state index is -0.155. The maximum absolute atomic E-state index is 12.2. The Balaban J connectivity index is 1.87. The molecule has 0 unspecified atom stereocenters. The lowest BCUT2D eigenvalue weighted by Crippen LogP contribution is -2.37. The maximum atomic E-state index is 12.2. The molecule has 0 aliphatic carbocycles. The highest BCUT2D eigenvalue weighted by atomic mass is 16.2. The standard InChI is InChI=1S/C17H24N4O3/c1-13(22)18-15-5-3-6-16(11-15)19-17(24)12-20-7-4-8-21(10-9-20)14(2)23/h3,5-6,11H,4,7-10,12H2,1-2H3,(H,18,22)(H,19,24). The predicted octanol–water partition coefficient (Wildman–Crippen LogP) is 1.14. The van der Waals surface area contributed by atoms with Gasteiger partial charge in [0.25, 0.3) is 0 Å². The first kappa shape index (κ1) is 17.9. The average molecular weight is 332 g/mol. The van der Waals surface area contributed by atoms with E-state index in [9.17, 15) is 14.4 Å². The highest BCUT2D eigenvalue weighted by Gasteiger charge is 2.18. The summed E-state index contributed by atoms with van der Waals surface area (Å²) in [7, 11) is 0. The molecule has 7 heteroatoms. The topological polar surface area (TPSA) is 81.8 Å². The lowest BCUT2D eigenvalue weighted by Gasteiger charge is -2.20. The fourth-order valence-corrected chi connectivity index (χ4v) is 2.73. The summed E-state index contributed by atoms with van der Waals surface area (Å²) in [5.41, 5.74) is 1.29. The Morgan fingerprint density at radius 2 is 1.71 bits per heavy atom. The second kappa shape index (κ2) is 8.44. The van der Waals surface area contributed by atoms with Crippen molar-refractivity contribution in [2.45, 2.75) is 20.3 Å². The number of amides is 3. The van der Waals surface area contributed by atoms with Crippen LogP contribution in [0.3, 0.4) is 0 Å². The van der Waals surface area contributed by atoms with E-state index in [-0.39, 0.29) is 24.3 Å². The van der Waals surface area contributed by atoms with Gasteiger partial charge in [-0.3, -0.25) is 19.3 Å². The lowest BCUT2D eigenvalue weighted by molar-refractivity contribution is -0.128. The van der Waals surface area contributed by atoms with Crippen LogP contribution in [0.2, 0.25) is 0 Å². The Kier molecular flexibility index (Phi) is 6.31. The Labute approximate surface area is 142 Å². The van der Waals surface area contributed by atoms with Gasteiger partial charge in [0.1, 0.15) is 0 Å². The van der Waals surface area contributed by atoms with Crippen LogP contribution in [0.1, 0.15) is 20.3 Å². The zero-order chi connectivity index (χ0) is 17.5. The predicted molar refractivity (Wildman–Crippen MR) is 92.7 cm³/mol. The summed E-state index contributed by atoms with van der Waals surface area (Å²) in [5.74, 6) is -0.180. The maximum Gasteiger partial charge on any atom is 0.238 e. The Bertz CT molecular complexity index is 618. The molecule has 1 aliphatic rings. The smallest absolute Gasteiger partial charge is 0.238 e. The summed E-state index contributed by atoms with van der Waals surface area (Å²) in [6.07, 6.45) is 0.866. The summed E-state index contributed by atoms with van der Waals surface area (Å²) < 4.78 is 0. The third-order valence-electron chi connectivity index (χ3n) is 3.87. The van der Waals surface area contributed by atoms with Crippen molar-refractivity contribution in [2.24, 2.45) is 0 Å². The lowest BCUT2D eigenvalue weighted by atomic mass is 10.2. The molecule has 7 nitrogen and oxygen atoms in total. The van der Waals surface area contributed by atoms with Crippen LogP contribution in [0.25, 0.3) is 0 Å². The molecule has 0 atom stereocenters. The van der Waals surface area contributed by atoms with Gasteiger partial charge in [0.05, 0.1) is 6.54 Å². The molecule has 1 aromatic rings. The highest BCUT2D eigenvalue weighted by Crippen LogP contribution is 2.15. The molecule has 1 aliphatic heterocycles. The van der Waals surface area contributed by atoms with Crippen molar-refractivity contribution in [3.8, 4) is 0 Å². The van der Waals surface area contributed by atoms with Crippen LogP contribution in [0.15, 0.2) is 24.3 Å². The van der Waals surface area contributed by atoms with Crippen molar-refractivity contribution >= 4 is 29.1 Å². The molecule has 0 bridgehead atoms. The van der Waals surface area contributed by atoms with E-state index in [1.54, 1.807) is 31.2 Å². The van der Waals surface area contributed by atoms with Crippen molar-refractivity contribution in [2.75, 3.05) is 43.4 Å². The molecule has 0 saturated carbocycles. The van der Waals surface area contributed by atoms with Crippen LogP contribution in [0.4, 0.5) is 11.4 Å². The van der Waals surface area contributed by atoms with Gasteiger partial charge in [-0.2, -0.15) is 0 Å². The molecular formula is C17H24N4O3. The van der Waals surface area contributed by atoms with E-state index in [0.29, 0.717) is 24.5 Å². The van der Waals surface area contributed by atoms with Crippen molar-refractivity contribution in [3.05, 3.63) is 24.3 Å². The van der Waals surface area contributed by atoms with Gasteiger partial charge in [0.2, 0.25) is 17.7 Å². The van der Waals surface area contributed by atoms with E-state index >= 15 is 0 Å². The van der Waals surface area contributed by atoms with Crippen molar-refractivity contribution < 1.29 is 14.4 Å². The second-order valence-corrected chi connectivity index (χ2v) is 5.95. The zero-order valence-corrected chi connectivity index (χ0v) is 14.2. The molecule has 1 fully saturated rings. The molecule has 3 amide bonds. The zero-order valence-electron chi connectivity index (χ0n) is 14.2. The molecule has 24 heavy (non-hydrogen) atoms. The van der Waals surface area contributed by atoms with Crippen molar-refractivity contribution in [3.63, 3.8) is 0 Å². The highest BCUT2D eigenvalue weighted by molar-refractivity contribution is 5.94. The van der Waals surface area contributed by atoms with Crippen LogP contribution in [-0.2, 0) is 14.4 Å². The number of carbonyl (C=O) groups is 3. The van der Waals surface area contributed by atoms with Crippen LogP contribution in [0, 0.1) is 0 Å². The summed E-state index contributed by atoms with van der Waals surface area (Å²) in [4.78, 5) is 38.6. The molecule has 0 aromatic heterocycles. The number of nitrogens with zero attached hydrogens (tertiary/aromatic N) is 2. The van der Waals surface area contributed by atoms with Gasteiger partial charge in [0.15, 0.2) is 0 Å². The molecule has 2 N–H and O–H groups in total. The fraction of sp³-hybridized carbons (Fsp3) is 0.471. The molecular weight excluding hydrogens is 308 g/mol. The third-order valence-corrected chi connectivity index (χ3v) is 3.87. The van der Waals surface area contributed by atoms with Crippen LogP contribution >= 0.6 is 0 Å². The Morgan fingerprint density at radius 1 is 1.00 bits per heavy atom. The van der Waals surface area contributed by atoms with E-state index in [4.69, 9.17) is 0 Å². The number of rotatable bonds is 4. The van der Waals surface area contributed by atoms with E-state index in [1.807, 2.05) is 4.90 Å². The largest absolute Gasteiger partial charge is 0.342 e. The van der Waals surface area contributed by atoms with E-state index in [1.165, 1.54) is 6.92 Å². The van der Waals surface area contributed by atoms with E-state index in [2.05, 4.69) is 15.5 Å². The number of anilines is 2. The summed E-state index contributed by atoms with van der Waals surface area (Å²) >= 11 is 0. The van der Waals surface area contributed by atoms with Crippen molar-refractivity contribution in [1.29, 1.82) is 0 Å². The first-order valence-corrected chi connectivity index (χ1v) is 8.09. The van der Waals surface area contributed by atoms with Crippen LogP contribution in [-0.4, -0.2) is 60.2 Å². The number of hydrogen-bond acceptors (Lipinski definition) is 4. The summed E-state index contributed by atoms with van der Waals surface area (Å²) in [5, 5.41) is 5.53. The van der Waals surface area contributed by atoms with Crippen molar-refractivity contribution in [1.82, 2.24) is 9.80 Å². The van der Waals surface area contributed by atoms with Gasteiger partial charge in [-0.15, -0.1) is 0 Å². The van der Waals surface area contributed by atoms with E-state index < -0.39 is 0 Å². The fourth-order valence-electron chi connectivity index (χ4n) is 2.73. The van der Waals surface area contributed by atoms with Gasteiger partial charge in [-0.1, -0.05) is 6.07 Å². The first-order chi connectivity index (χ1) is 11.4. The monoisotopic (exact) mass is 332 g/mol. The molecule has 1 aromatic carbocycles. The summed E-state index contributed by atoms with van der Waals surface area (Å²) in [6.45, 7) is 6.18. The van der Waals surface area contributed by atoms with Gasteiger partial charge in [-0.05, 0) is 24.6 Å². The first-order valence-electron chi connectivity index (χ1n) is 8.09. The molecule has 130 valence electrons. The normalized spacial score (nSPS) is 15.5. The minimum absolute atomic E-state index is 0.0797. The van der Waals surface area contributed by atoms with E-state index in [0.717, 1.165) is 19.5 Å². The third kappa shape index (κ3) is 5.66. The summed E-state index contributed by atoms with van der Waals surface area (Å²) in [6, 6.07) is 7.04. The van der Waals surface area contributed by atoms with Gasteiger partial charge < -0.3 is 15.5 Å². The second-order valence-electron chi connectivity index (χ2n) is 5.95. The quantitative estimate of drug-likeness (QED) is 0.866. The number of carbonyl (C=O) groups excluding carboxylic acids is 3.